The SMILES string of the molecule is C=CCC(C/C=C(\C)C(C)C(C)(C)CO)C(=C)CCCCCCC1CCCNC1. The van der Waals surface area contributed by atoms with Gasteiger partial charge in [-0.05, 0) is 88.1 Å². The molecule has 0 aromatic heterocycles. The number of aliphatic hydroxyl groups excluding tert-OH is 1. The minimum atomic E-state index is -0.0702. The highest BCUT2D eigenvalue weighted by atomic mass is 16.3. The molecule has 1 saturated heterocycles. The molecule has 168 valence electrons. The van der Waals surface area contributed by atoms with Gasteiger partial charge in [-0.25, -0.2) is 0 Å². The van der Waals surface area contributed by atoms with E-state index in [4.69, 9.17) is 0 Å². The summed E-state index contributed by atoms with van der Waals surface area (Å²) < 4.78 is 0. The zero-order valence-corrected chi connectivity index (χ0v) is 19.9. The van der Waals surface area contributed by atoms with Crippen molar-refractivity contribution < 1.29 is 5.11 Å². The molecule has 0 bridgehead atoms. The van der Waals surface area contributed by atoms with E-state index >= 15 is 0 Å². The molecular formula is C27H49NO. The predicted molar refractivity (Wildman–Crippen MR) is 129 cm³/mol. The molecule has 1 aliphatic rings. The minimum Gasteiger partial charge on any atom is -0.396 e. The third-order valence-electron chi connectivity index (χ3n) is 7.27. The summed E-state index contributed by atoms with van der Waals surface area (Å²) in [4.78, 5) is 0. The van der Waals surface area contributed by atoms with Gasteiger partial charge in [0.05, 0.1) is 0 Å². The maximum Gasteiger partial charge on any atom is 0.0487 e. The Morgan fingerprint density at radius 1 is 1.21 bits per heavy atom. The first kappa shape index (κ1) is 26.2. The van der Waals surface area contributed by atoms with Crippen LogP contribution in [0, 0.1) is 23.2 Å². The summed E-state index contributed by atoms with van der Waals surface area (Å²) in [7, 11) is 0. The van der Waals surface area contributed by atoms with Crippen molar-refractivity contribution in [2.75, 3.05) is 19.7 Å². The standard InChI is InChI=1S/C27H49NO/c1-7-13-26(18-17-22(2)24(4)27(5,6)21-29)23(3)14-10-8-9-11-15-25-16-12-19-28-20-25/h7,17,24-26,28-29H,1,3,8-16,18-21H2,2,4-6H3/b22-17+. The second kappa shape index (κ2) is 14.2. The van der Waals surface area contributed by atoms with Crippen LogP contribution < -0.4 is 5.32 Å². The molecule has 0 aliphatic carbocycles. The molecule has 2 N–H and O–H groups in total. The molecule has 0 amide bonds. The van der Waals surface area contributed by atoms with Gasteiger partial charge in [0.1, 0.15) is 0 Å². The monoisotopic (exact) mass is 403 g/mol. The number of allylic oxidation sites excluding steroid dienone is 4. The maximum atomic E-state index is 9.64. The number of nitrogens with one attached hydrogen (secondary N) is 1. The second-order valence-corrected chi connectivity index (χ2v) is 10.1. The molecule has 3 atom stereocenters. The van der Waals surface area contributed by atoms with Crippen LogP contribution in [0.4, 0.5) is 0 Å². The molecule has 29 heavy (non-hydrogen) atoms. The van der Waals surface area contributed by atoms with Crippen LogP contribution in [0.2, 0.25) is 0 Å². The van der Waals surface area contributed by atoms with Crippen LogP contribution in [0.5, 0.6) is 0 Å². The smallest absolute Gasteiger partial charge is 0.0487 e. The summed E-state index contributed by atoms with van der Waals surface area (Å²) in [5.41, 5.74) is 2.70. The van der Waals surface area contributed by atoms with Crippen LogP contribution >= 0.6 is 0 Å². The van der Waals surface area contributed by atoms with E-state index in [2.05, 4.69) is 52.2 Å². The summed E-state index contributed by atoms with van der Waals surface area (Å²) in [5.74, 6) is 1.80. The van der Waals surface area contributed by atoms with Crippen molar-refractivity contribution >= 4 is 0 Å². The van der Waals surface area contributed by atoms with Gasteiger partial charge in [0, 0.05) is 6.61 Å². The first-order valence-corrected chi connectivity index (χ1v) is 12.1. The Balaban J connectivity index is 2.33. The van der Waals surface area contributed by atoms with E-state index < -0.39 is 0 Å². The molecule has 2 heteroatoms. The topological polar surface area (TPSA) is 32.3 Å². The third kappa shape index (κ3) is 10.1. The summed E-state index contributed by atoms with van der Waals surface area (Å²) in [6.07, 6.45) is 17.1. The van der Waals surface area contributed by atoms with Crippen molar-refractivity contribution in [3.63, 3.8) is 0 Å². The molecule has 1 heterocycles. The van der Waals surface area contributed by atoms with Crippen molar-refractivity contribution in [2.45, 2.75) is 91.9 Å². The molecule has 1 fully saturated rings. The summed E-state index contributed by atoms with van der Waals surface area (Å²) in [6, 6.07) is 0. The fraction of sp³-hybridized carbons (Fsp3) is 0.778. The normalized spacial score (nSPS) is 20.3. The Kier molecular flexibility index (Phi) is 12.8. The molecule has 0 aromatic carbocycles. The lowest BCUT2D eigenvalue weighted by Crippen LogP contribution is -2.29. The van der Waals surface area contributed by atoms with Crippen molar-refractivity contribution in [1.82, 2.24) is 5.32 Å². The van der Waals surface area contributed by atoms with Gasteiger partial charge in [0.25, 0.3) is 0 Å². The number of aliphatic hydroxyl groups is 1. The number of unbranched alkanes of at least 4 members (excludes halogenated alkanes) is 3. The summed E-state index contributed by atoms with van der Waals surface area (Å²) >= 11 is 0. The largest absolute Gasteiger partial charge is 0.396 e. The molecule has 0 saturated carbocycles. The lowest BCUT2D eigenvalue weighted by atomic mass is 9.76. The van der Waals surface area contributed by atoms with Crippen molar-refractivity contribution in [1.29, 1.82) is 0 Å². The van der Waals surface area contributed by atoms with E-state index in [-0.39, 0.29) is 12.0 Å². The zero-order chi connectivity index (χ0) is 21.7. The molecule has 2 nitrogen and oxygen atoms in total. The van der Waals surface area contributed by atoms with Crippen LogP contribution in [-0.2, 0) is 0 Å². The number of piperidine rings is 1. The van der Waals surface area contributed by atoms with Crippen molar-refractivity contribution in [3.05, 3.63) is 36.5 Å². The van der Waals surface area contributed by atoms with Gasteiger partial charge in [0.2, 0.25) is 0 Å². The molecule has 1 rings (SSSR count). The van der Waals surface area contributed by atoms with Gasteiger partial charge in [-0.1, -0.05) is 69.9 Å². The van der Waals surface area contributed by atoms with Gasteiger partial charge in [-0.15, -0.1) is 6.58 Å². The fourth-order valence-corrected chi connectivity index (χ4v) is 4.40. The molecule has 0 spiro atoms. The Morgan fingerprint density at radius 2 is 1.93 bits per heavy atom. The van der Waals surface area contributed by atoms with E-state index in [0.29, 0.717) is 11.8 Å². The molecule has 3 unspecified atom stereocenters. The van der Waals surface area contributed by atoms with Crippen LogP contribution in [0.1, 0.15) is 91.9 Å². The molecule has 1 aliphatic heterocycles. The molecule has 0 radical (unpaired) electrons. The van der Waals surface area contributed by atoms with Crippen LogP contribution in [0.3, 0.4) is 0 Å². The lowest BCUT2D eigenvalue weighted by molar-refractivity contribution is 0.120. The first-order valence-electron chi connectivity index (χ1n) is 12.1. The van der Waals surface area contributed by atoms with Crippen molar-refractivity contribution in [2.24, 2.45) is 23.2 Å². The Morgan fingerprint density at radius 3 is 2.55 bits per heavy atom. The van der Waals surface area contributed by atoms with E-state index in [1.807, 2.05) is 6.08 Å². The highest BCUT2D eigenvalue weighted by Crippen LogP contribution is 2.33. The second-order valence-electron chi connectivity index (χ2n) is 10.1. The highest BCUT2D eigenvalue weighted by Gasteiger charge is 2.26. The van der Waals surface area contributed by atoms with Gasteiger partial charge >= 0.3 is 0 Å². The van der Waals surface area contributed by atoms with Gasteiger partial charge in [-0.3, -0.25) is 0 Å². The summed E-state index contributed by atoms with van der Waals surface area (Å²) in [6.45, 7) is 19.8. The number of hydrogen-bond acceptors (Lipinski definition) is 2. The van der Waals surface area contributed by atoms with Gasteiger partial charge < -0.3 is 10.4 Å². The Hall–Kier alpha value is -0.860. The van der Waals surface area contributed by atoms with Crippen LogP contribution in [-0.4, -0.2) is 24.8 Å². The Labute approximate surface area is 181 Å². The average molecular weight is 404 g/mol. The van der Waals surface area contributed by atoms with E-state index in [1.54, 1.807) is 0 Å². The zero-order valence-electron chi connectivity index (χ0n) is 19.9. The number of hydrogen-bond donors (Lipinski definition) is 2. The van der Waals surface area contributed by atoms with Gasteiger partial charge in [0.15, 0.2) is 0 Å². The van der Waals surface area contributed by atoms with Crippen molar-refractivity contribution in [3.8, 4) is 0 Å². The quantitative estimate of drug-likeness (QED) is 0.226. The van der Waals surface area contributed by atoms with E-state index in [1.165, 1.54) is 69.2 Å². The highest BCUT2D eigenvalue weighted by molar-refractivity contribution is 5.11. The third-order valence-corrected chi connectivity index (χ3v) is 7.27. The predicted octanol–water partition coefficient (Wildman–Crippen LogP) is 7.07. The average Bonchev–Trinajstić information content (AvgIpc) is 2.73. The van der Waals surface area contributed by atoms with Crippen LogP contribution in [0.15, 0.2) is 36.5 Å². The van der Waals surface area contributed by atoms with E-state index in [9.17, 15) is 5.11 Å². The minimum absolute atomic E-state index is 0.0702. The van der Waals surface area contributed by atoms with Crippen LogP contribution in [0.25, 0.3) is 0 Å². The van der Waals surface area contributed by atoms with Gasteiger partial charge in [-0.2, -0.15) is 0 Å². The maximum absolute atomic E-state index is 9.64. The van der Waals surface area contributed by atoms with E-state index in [0.717, 1.165) is 25.2 Å². The fourth-order valence-electron chi connectivity index (χ4n) is 4.40. The first-order chi connectivity index (χ1) is 13.8. The molecule has 0 aromatic rings. The number of rotatable bonds is 15. The lowest BCUT2D eigenvalue weighted by Gasteiger charge is -2.31. The molecular weight excluding hydrogens is 354 g/mol. The summed E-state index contributed by atoms with van der Waals surface area (Å²) in [5, 5.41) is 13.2. The Bertz CT molecular complexity index is 499.